The maximum Gasteiger partial charge on any atom is 0.0418 e. The largest absolute Gasteiger partial charge is 0.309 e. The minimum Gasteiger partial charge on any atom is -0.309 e. The summed E-state index contributed by atoms with van der Waals surface area (Å²) in [6.07, 6.45) is 12.6. The van der Waals surface area contributed by atoms with Crippen molar-refractivity contribution >= 4 is 0 Å². The van der Waals surface area contributed by atoms with E-state index >= 15 is 0 Å². The van der Waals surface area contributed by atoms with Crippen LogP contribution in [0.15, 0.2) is 48.6 Å². The van der Waals surface area contributed by atoms with Crippen molar-refractivity contribution in [3.8, 4) is 0 Å². The van der Waals surface area contributed by atoms with E-state index in [9.17, 15) is 0 Å². The molecule has 0 spiro atoms. The molecule has 1 N–H and O–H groups in total. The highest BCUT2D eigenvalue weighted by atomic mass is 14.9. The van der Waals surface area contributed by atoms with Crippen LogP contribution in [0.3, 0.4) is 0 Å². The first-order chi connectivity index (χ1) is 8.86. The number of nitrogens with one attached hydrogen (secondary N) is 1. The van der Waals surface area contributed by atoms with Gasteiger partial charge in [-0.1, -0.05) is 55.5 Å². The summed E-state index contributed by atoms with van der Waals surface area (Å²) in [5.41, 5.74) is 3.29. The summed E-state index contributed by atoms with van der Waals surface area (Å²) < 4.78 is 0. The van der Waals surface area contributed by atoms with Crippen molar-refractivity contribution in [1.29, 1.82) is 0 Å². The summed E-state index contributed by atoms with van der Waals surface area (Å²) in [5, 5.41) is 3.75. The fraction of sp³-hybridized carbons (Fsp3) is 0.412. The maximum absolute atomic E-state index is 3.75. The van der Waals surface area contributed by atoms with Gasteiger partial charge >= 0.3 is 0 Å². The van der Waals surface area contributed by atoms with E-state index in [4.69, 9.17) is 0 Å². The van der Waals surface area contributed by atoms with E-state index in [-0.39, 0.29) is 5.41 Å². The van der Waals surface area contributed by atoms with Crippen molar-refractivity contribution < 1.29 is 0 Å². The summed E-state index contributed by atoms with van der Waals surface area (Å²) in [7, 11) is 0. The van der Waals surface area contributed by atoms with Crippen molar-refractivity contribution in [1.82, 2.24) is 5.32 Å². The average molecular weight is 239 g/mol. The van der Waals surface area contributed by atoms with Crippen molar-refractivity contribution in [2.45, 2.75) is 32.2 Å². The Hall–Kier alpha value is -1.34. The van der Waals surface area contributed by atoms with Gasteiger partial charge in [0.05, 0.1) is 0 Å². The minimum atomic E-state index is 0.255. The van der Waals surface area contributed by atoms with E-state index in [0.717, 1.165) is 19.4 Å². The molecular weight excluding hydrogens is 218 g/mol. The molecule has 0 saturated heterocycles. The molecular formula is C17H21N. The van der Waals surface area contributed by atoms with Crippen LogP contribution in [0.25, 0.3) is 0 Å². The molecule has 1 aromatic carbocycles. The molecule has 0 radical (unpaired) electrons. The Kier molecular flexibility index (Phi) is 3.09. The third kappa shape index (κ3) is 1.83. The number of benzene rings is 1. The Morgan fingerprint density at radius 1 is 1.28 bits per heavy atom. The van der Waals surface area contributed by atoms with Gasteiger partial charge in [-0.15, -0.1) is 0 Å². The van der Waals surface area contributed by atoms with Gasteiger partial charge in [-0.05, 0) is 36.9 Å². The molecule has 0 bridgehead atoms. The highest BCUT2D eigenvalue weighted by molar-refractivity contribution is 5.36. The number of allylic oxidation sites excluding steroid dienone is 3. The third-order valence-corrected chi connectivity index (χ3v) is 4.52. The minimum absolute atomic E-state index is 0.255. The lowest BCUT2D eigenvalue weighted by Crippen LogP contribution is -2.41. The van der Waals surface area contributed by atoms with Gasteiger partial charge in [0.2, 0.25) is 0 Å². The molecule has 1 heterocycles. The first kappa shape index (κ1) is 11.7. The van der Waals surface area contributed by atoms with Crippen molar-refractivity contribution in [3.63, 3.8) is 0 Å². The first-order valence-corrected chi connectivity index (χ1v) is 7.01. The molecule has 1 aliphatic carbocycles. The lowest BCUT2D eigenvalue weighted by atomic mass is 9.69. The van der Waals surface area contributed by atoms with Crippen LogP contribution in [0, 0.1) is 5.41 Å². The molecule has 2 unspecified atom stereocenters. The number of rotatable bonds is 2. The Morgan fingerprint density at radius 2 is 2.17 bits per heavy atom. The summed E-state index contributed by atoms with van der Waals surface area (Å²) in [5.74, 6) is 0. The smallest absolute Gasteiger partial charge is 0.0418 e. The number of hydrogen-bond acceptors (Lipinski definition) is 1. The highest BCUT2D eigenvalue weighted by Crippen LogP contribution is 2.45. The Balaban J connectivity index is 2.02. The Morgan fingerprint density at radius 3 is 2.94 bits per heavy atom. The lowest BCUT2D eigenvalue weighted by molar-refractivity contribution is 0.241. The van der Waals surface area contributed by atoms with Gasteiger partial charge in [0.15, 0.2) is 0 Å². The summed E-state index contributed by atoms with van der Waals surface area (Å²) >= 11 is 0. The number of fused-ring (bicyclic) bond motifs is 1. The molecule has 0 fully saturated rings. The summed E-state index contributed by atoms with van der Waals surface area (Å²) in [6, 6.07) is 9.39. The van der Waals surface area contributed by atoms with E-state index < -0.39 is 0 Å². The van der Waals surface area contributed by atoms with Crippen LogP contribution in [0.1, 0.15) is 36.9 Å². The van der Waals surface area contributed by atoms with E-state index in [1.807, 2.05) is 0 Å². The molecule has 1 aromatic rings. The van der Waals surface area contributed by atoms with Crippen LogP contribution >= 0.6 is 0 Å². The van der Waals surface area contributed by atoms with Gasteiger partial charge in [0, 0.05) is 11.5 Å². The van der Waals surface area contributed by atoms with E-state index in [0.29, 0.717) is 6.04 Å². The molecule has 2 atom stereocenters. The molecule has 0 amide bonds. The molecule has 2 aliphatic rings. The molecule has 18 heavy (non-hydrogen) atoms. The van der Waals surface area contributed by atoms with Gasteiger partial charge in [-0.2, -0.15) is 0 Å². The second-order valence-electron chi connectivity index (χ2n) is 5.41. The van der Waals surface area contributed by atoms with Crippen LogP contribution in [0.2, 0.25) is 0 Å². The van der Waals surface area contributed by atoms with Crippen molar-refractivity contribution in [3.05, 3.63) is 59.7 Å². The third-order valence-electron chi connectivity index (χ3n) is 4.52. The van der Waals surface area contributed by atoms with Gasteiger partial charge in [0.25, 0.3) is 0 Å². The fourth-order valence-corrected chi connectivity index (χ4v) is 3.38. The van der Waals surface area contributed by atoms with Crippen LogP contribution in [0.5, 0.6) is 0 Å². The average Bonchev–Trinajstić information content (AvgIpc) is 2.47. The van der Waals surface area contributed by atoms with E-state index in [1.54, 1.807) is 0 Å². The van der Waals surface area contributed by atoms with E-state index in [2.05, 4.69) is 60.8 Å². The molecule has 3 rings (SSSR count). The standard InChI is InChI=1S/C17H21N/c1-2-17(11-6-3-7-12-17)16-15-9-5-4-8-14(15)10-13-18-16/h3-9,11,16,18H,2,10,12-13H2,1H3. The molecule has 1 nitrogen and oxygen atoms in total. The van der Waals surface area contributed by atoms with Gasteiger partial charge in [-0.25, -0.2) is 0 Å². The van der Waals surface area contributed by atoms with Crippen LogP contribution in [-0.2, 0) is 6.42 Å². The SMILES string of the molecule is CCC1(C2NCCc3ccccc32)C=CC=CC1. The van der Waals surface area contributed by atoms with E-state index in [1.165, 1.54) is 17.5 Å². The summed E-state index contributed by atoms with van der Waals surface area (Å²) in [6.45, 7) is 3.41. The zero-order valence-corrected chi connectivity index (χ0v) is 11.0. The molecule has 0 saturated carbocycles. The molecule has 1 heteroatoms. The Bertz CT molecular complexity index is 486. The van der Waals surface area contributed by atoms with Gasteiger partial charge < -0.3 is 5.32 Å². The lowest BCUT2D eigenvalue weighted by Gasteiger charge is -2.42. The highest BCUT2D eigenvalue weighted by Gasteiger charge is 2.37. The maximum atomic E-state index is 3.75. The topological polar surface area (TPSA) is 12.0 Å². The second kappa shape index (κ2) is 4.74. The zero-order valence-electron chi connectivity index (χ0n) is 11.0. The summed E-state index contributed by atoms with van der Waals surface area (Å²) in [4.78, 5) is 0. The normalized spacial score (nSPS) is 30.2. The Labute approximate surface area is 110 Å². The fourth-order valence-electron chi connectivity index (χ4n) is 3.38. The first-order valence-electron chi connectivity index (χ1n) is 7.01. The van der Waals surface area contributed by atoms with Gasteiger partial charge in [0.1, 0.15) is 0 Å². The van der Waals surface area contributed by atoms with Crippen molar-refractivity contribution in [2.24, 2.45) is 5.41 Å². The van der Waals surface area contributed by atoms with Crippen LogP contribution in [0.4, 0.5) is 0 Å². The number of hydrogen-bond donors (Lipinski definition) is 1. The molecule has 94 valence electrons. The predicted molar refractivity (Wildman–Crippen MR) is 76.5 cm³/mol. The zero-order chi connectivity index (χ0) is 12.4. The van der Waals surface area contributed by atoms with Gasteiger partial charge in [-0.3, -0.25) is 0 Å². The van der Waals surface area contributed by atoms with Crippen molar-refractivity contribution in [2.75, 3.05) is 6.54 Å². The molecule has 1 aliphatic heterocycles. The monoisotopic (exact) mass is 239 g/mol. The van der Waals surface area contributed by atoms with Crippen LogP contribution in [-0.4, -0.2) is 6.54 Å². The second-order valence-corrected chi connectivity index (χ2v) is 5.41. The van der Waals surface area contributed by atoms with Crippen LogP contribution < -0.4 is 5.32 Å². The predicted octanol–water partition coefficient (Wildman–Crippen LogP) is 3.79. The quantitative estimate of drug-likeness (QED) is 0.828. The molecule has 0 aromatic heterocycles.